The molecule has 1 aliphatic rings. The SMILES string of the molecule is C[C@@H](C(=O)Nc1n[nH]c(CCC2CCCC2)n1)n1cnc2ccccc2c1=O. The first-order valence-corrected chi connectivity index (χ1v) is 9.80. The number of benzene rings is 1. The van der Waals surface area contributed by atoms with Gasteiger partial charge in [0.1, 0.15) is 11.9 Å². The van der Waals surface area contributed by atoms with Crippen LogP contribution in [0.4, 0.5) is 5.95 Å². The van der Waals surface area contributed by atoms with Crippen LogP contribution < -0.4 is 10.9 Å². The Kier molecular flexibility index (Phi) is 5.18. The molecule has 8 nitrogen and oxygen atoms in total. The lowest BCUT2D eigenvalue weighted by Gasteiger charge is -2.13. The van der Waals surface area contributed by atoms with Crippen LogP contribution in [0.15, 0.2) is 35.4 Å². The third-order valence-electron chi connectivity index (χ3n) is 5.52. The minimum Gasteiger partial charge on any atom is -0.291 e. The van der Waals surface area contributed by atoms with Gasteiger partial charge in [-0.05, 0) is 31.4 Å². The molecule has 1 fully saturated rings. The second-order valence-electron chi connectivity index (χ2n) is 7.43. The van der Waals surface area contributed by atoms with Gasteiger partial charge in [0.25, 0.3) is 5.56 Å². The largest absolute Gasteiger partial charge is 0.291 e. The lowest BCUT2D eigenvalue weighted by atomic mass is 10.0. The summed E-state index contributed by atoms with van der Waals surface area (Å²) in [5.41, 5.74) is 0.359. The number of nitrogens with zero attached hydrogens (tertiary/aromatic N) is 4. The van der Waals surface area contributed by atoms with Crippen molar-refractivity contribution < 1.29 is 4.79 Å². The number of carbonyl (C=O) groups is 1. The van der Waals surface area contributed by atoms with Crippen LogP contribution in [-0.4, -0.2) is 30.6 Å². The Morgan fingerprint density at radius 3 is 2.93 bits per heavy atom. The second kappa shape index (κ2) is 7.92. The maximum absolute atomic E-state index is 12.6. The summed E-state index contributed by atoms with van der Waals surface area (Å²) in [4.78, 5) is 33.9. The summed E-state index contributed by atoms with van der Waals surface area (Å²) < 4.78 is 1.32. The van der Waals surface area contributed by atoms with Crippen molar-refractivity contribution in [3.8, 4) is 0 Å². The van der Waals surface area contributed by atoms with Gasteiger partial charge in [0, 0.05) is 6.42 Å². The fourth-order valence-corrected chi connectivity index (χ4v) is 3.80. The third-order valence-corrected chi connectivity index (χ3v) is 5.52. The summed E-state index contributed by atoms with van der Waals surface area (Å²) in [6, 6.07) is 6.35. The first-order chi connectivity index (χ1) is 13.6. The molecule has 28 heavy (non-hydrogen) atoms. The van der Waals surface area contributed by atoms with Gasteiger partial charge in [-0.1, -0.05) is 37.8 Å². The van der Waals surface area contributed by atoms with Crippen LogP contribution in [0.1, 0.15) is 50.9 Å². The highest BCUT2D eigenvalue weighted by Crippen LogP contribution is 2.28. The minimum atomic E-state index is -0.731. The van der Waals surface area contributed by atoms with Gasteiger partial charge in [0.2, 0.25) is 11.9 Å². The van der Waals surface area contributed by atoms with Crippen molar-refractivity contribution in [1.82, 2.24) is 24.7 Å². The molecule has 1 atom stereocenters. The van der Waals surface area contributed by atoms with Crippen LogP contribution in [-0.2, 0) is 11.2 Å². The zero-order valence-electron chi connectivity index (χ0n) is 15.9. The maximum Gasteiger partial charge on any atom is 0.261 e. The van der Waals surface area contributed by atoms with Crippen molar-refractivity contribution in [3.63, 3.8) is 0 Å². The second-order valence-corrected chi connectivity index (χ2v) is 7.43. The van der Waals surface area contributed by atoms with Crippen molar-refractivity contribution in [2.45, 2.75) is 51.5 Å². The van der Waals surface area contributed by atoms with Crippen LogP contribution in [0.3, 0.4) is 0 Å². The predicted molar refractivity (Wildman–Crippen MR) is 106 cm³/mol. The average Bonchev–Trinajstić information content (AvgIpc) is 3.38. The summed E-state index contributed by atoms with van der Waals surface area (Å²) in [7, 11) is 0. The zero-order valence-corrected chi connectivity index (χ0v) is 15.9. The van der Waals surface area contributed by atoms with Crippen molar-refractivity contribution in [1.29, 1.82) is 0 Å². The lowest BCUT2D eigenvalue weighted by molar-refractivity contribution is -0.118. The Labute approximate surface area is 162 Å². The predicted octanol–water partition coefficient (Wildman–Crippen LogP) is 2.84. The Hall–Kier alpha value is -3.03. The van der Waals surface area contributed by atoms with Gasteiger partial charge in [-0.25, -0.2) is 4.98 Å². The van der Waals surface area contributed by atoms with E-state index in [2.05, 4.69) is 25.5 Å². The van der Waals surface area contributed by atoms with E-state index in [0.29, 0.717) is 10.9 Å². The van der Waals surface area contributed by atoms with E-state index in [1.807, 2.05) is 6.07 Å². The molecule has 3 aromatic rings. The van der Waals surface area contributed by atoms with Crippen LogP contribution >= 0.6 is 0 Å². The standard InChI is InChI=1S/C20H24N6O2/c1-13(26-12-21-16-9-5-4-8-15(16)19(26)28)18(27)23-20-22-17(24-25-20)11-10-14-6-2-3-7-14/h4-5,8-9,12-14H,2-3,6-7,10-11H2,1H3,(H2,22,23,24,25,27)/t13-/m0/s1. The molecule has 2 aromatic heterocycles. The number of para-hydroxylation sites is 1. The van der Waals surface area contributed by atoms with Gasteiger partial charge in [0.05, 0.1) is 17.2 Å². The van der Waals surface area contributed by atoms with Crippen LogP contribution in [0.2, 0.25) is 0 Å². The van der Waals surface area contributed by atoms with Crippen molar-refractivity contribution in [2.75, 3.05) is 5.32 Å². The molecule has 0 unspecified atom stereocenters. The quantitative estimate of drug-likeness (QED) is 0.684. The van der Waals surface area contributed by atoms with Gasteiger partial charge in [-0.3, -0.25) is 24.6 Å². The Bertz CT molecular complexity index is 1030. The molecular formula is C20H24N6O2. The monoisotopic (exact) mass is 380 g/mol. The summed E-state index contributed by atoms with van der Waals surface area (Å²) in [6.45, 7) is 1.65. The van der Waals surface area contributed by atoms with Crippen molar-refractivity contribution in [3.05, 3.63) is 46.8 Å². The number of hydrogen-bond acceptors (Lipinski definition) is 5. The molecule has 146 valence electrons. The third kappa shape index (κ3) is 3.81. The summed E-state index contributed by atoms with van der Waals surface area (Å²) >= 11 is 0. The van der Waals surface area contributed by atoms with Crippen molar-refractivity contribution in [2.24, 2.45) is 5.92 Å². The van der Waals surface area contributed by atoms with E-state index in [0.717, 1.165) is 24.6 Å². The summed E-state index contributed by atoms with van der Waals surface area (Å²) in [6.07, 6.45) is 8.56. The Morgan fingerprint density at radius 1 is 1.32 bits per heavy atom. The van der Waals surface area contributed by atoms with Gasteiger partial charge >= 0.3 is 0 Å². The van der Waals surface area contributed by atoms with E-state index >= 15 is 0 Å². The normalized spacial score (nSPS) is 15.8. The molecule has 0 aliphatic heterocycles. The molecule has 1 amide bonds. The molecule has 2 N–H and O–H groups in total. The number of aromatic amines is 1. The molecule has 1 aromatic carbocycles. The van der Waals surface area contributed by atoms with Gasteiger partial charge in [-0.15, -0.1) is 5.10 Å². The summed E-state index contributed by atoms with van der Waals surface area (Å²) in [5.74, 6) is 1.43. The molecule has 2 heterocycles. The maximum atomic E-state index is 12.6. The molecular weight excluding hydrogens is 356 g/mol. The molecule has 4 rings (SSSR count). The number of amides is 1. The number of fused-ring (bicyclic) bond motifs is 1. The first kappa shape index (κ1) is 18.3. The molecule has 0 saturated heterocycles. The van der Waals surface area contributed by atoms with E-state index in [4.69, 9.17) is 0 Å². The first-order valence-electron chi connectivity index (χ1n) is 9.80. The molecule has 0 spiro atoms. The molecule has 0 radical (unpaired) electrons. The number of rotatable bonds is 6. The van der Waals surface area contributed by atoms with E-state index in [1.165, 1.54) is 36.6 Å². The highest BCUT2D eigenvalue weighted by molar-refractivity contribution is 5.92. The Balaban J connectivity index is 1.42. The van der Waals surface area contributed by atoms with E-state index in [1.54, 1.807) is 25.1 Å². The molecule has 1 saturated carbocycles. The van der Waals surface area contributed by atoms with E-state index in [9.17, 15) is 9.59 Å². The van der Waals surface area contributed by atoms with Crippen molar-refractivity contribution >= 4 is 22.8 Å². The minimum absolute atomic E-state index is 0.236. The number of anilines is 1. The van der Waals surface area contributed by atoms with Crippen LogP contribution in [0.25, 0.3) is 10.9 Å². The number of aromatic nitrogens is 5. The van der Waals surface area contributed by atoms with Gasteiger partial charge in [-0.2, -0.15) is 4.98 Å². The zero-order chi connectivity index (χ0) is 19.5. The lowest BCUT2D eigenvalue weighted by Crippen LogP contribution is -2.32. The number of H-pyrrole nitrogens is 1. The Morgan fingerprint density at radius 2 is 2.11 bits per heavy atom. The fourth-order valence-electron chi connectivity index (χ4n) is 3.80. The van der Waals surface area contributed by atoms with Gasteiger partial charge in [0.15, 0.2) is 0 Å². The number of nitrogens with one attached hydrogen (secondary N) is 2. The topological polar surface area (TPSA) is 106 Å². The highest BCUT2D eigenvalue weighted by Gasteiger charge is 2.20. The summed E-state index contributed by atoms with van der Waals surface area (Å²) in [5, 5.41) is 10.1. The molecule has 8 heteroatoms. The van der Waals surface area contributed by atoms with Crippen LogP contribution in [0.5, 0.6) is 0 Å². The molecule has 0 bridgehead atoms. The highest BCUT2D eigenvalue weighted by atomic mass is 16.2. The molecule has 1 aliphatic carbocycles. The van der Waals surface area contributed by atoms with Crippen LogP contribution in [0, 0.1) is 5.92 Å². The smallest absolute Gasteiger partial charge is 0.261 e. The number of hydrogen-bond donors (Lipinski definition) is 2. The average molecular weight is 380 g/mol. The number of aryl methyl sites for hydroxylation is 1. The fraction of sp³-hybridized carbons (Fsp3) is 0.450. The van der Waals surface area contributed by atoms with E-state index < -0.39 is 6.04 Å². The number of carbonyl (C=O) groups excluding carboxylic acids is 1. The van der Waals surface area contributed by atoms with E-state index in [-0.39, 0.29) is 17.4 Å². The van der Waals surface area contributed by atoms with Gasteiger partial charge < -0.3 is 0 Å².